The minimum atomic E-state index is -0.404. The zero-order valence-corrected chi connectivity index (χ0v) is 16.2. The number of morpholine rings is 1. The number of rotatable bonds is 5. The fraction of sp³-hybridized carbons (Fsp3) is 0.400. The van der Waals surface area contributed by atoms with Crippen LogP contribution < -0.4 is 10.2 Å². The van der Waals surface area contributed by atoms with Crippen molar-refractivity contribution in [1.29, 1.82) is 0 Å². The van der Waals surface area contributed by atoms with Gasteiger partial charge in [-0.2, -0.15) is 0 Å². The maximum absolute atomic E-state index is 12.9. The van der Waals surface area contributed by atoms with Gasteiger partial charge in [-0.1, -0.05) is 17.7 Å². The van der Waals surface area contributed by atoms with Crippen LogP contribution in [0.3, 0.4) is 0 Å². The van der Waals surface area contributed by atoms with E-state index in [0.29, 0.717) is 55.9 Å². The fourth-order valence-electron chi connectivity index (χ4n) is 3.65. The Balaban J connectivity index is 1.45. The minimum absolute atomic E-state index is 0.0453. The molecule has 1 aromatic heterocycles. The van der Waals surface area contributed by atoms with Crippen molar-refractivity contribution in [3.05, 3.63) is 47.4 Å². The van der Waals surface area contributed by atoms with Crippen LogP contribution in [0.5, 0.6) is 0 Å². The van der Waals surface area contributed by atoms with E-state index >= 15 is 0 Å². The van der Waals surface area contributed by atoms with E-state index in [2.05, 4.69) is 10.2 Å². The van der Waals surface area contributed by atoms with Gasteiger partial charge in [-0.05, 0) is 24.3 Å². The standard InChI is InChI=1S/C20H22ClN3O4/c21-16-4-1-5-17(19(16)23-6-9-27-10-7-23)22-20(26)14-11-18(25)24(12-14)13-15-3-2-8-28-15/h1-5,8,14H,6-7,9-13H2,(H,22,26). The molecule has 148 valence electrons. The van der Waals surface area contributed by atoms with E-state index in [-0.39, 0.29) is 18.2 Å². The Labute approximate surface area is 168 Å². The number of amides is 2. The van der Waals surface area contributed by atoms with Crippen LogP contribution in [0.25, 0.3) is 0 Å². The second-order valence-electron chi connectivity index (χ2n) is 6.98. The van der Waals surface area contributed by atoms with Crippen LogP contribution >= 0.6 is 11.6 Å². The molecule has 2 aromatic rings. The van der Waals surface area contributed by atoms with Gasteiger partial charge < -0.3 is 24.3 Å². The third-order valence-electron chi connectivity index (χ3n) is 5.08. The maximum atomic E-state index is 12.9. The van der Waals surface area contributed by atoms with Gasteiger partial charge in [-0.25, -0.2) is 0 Å². The largest absolute Gasteiger partial charge is 0.467 e. The van der Waals surface area contributed by atoms with Crippen molar-refractivity contribution in [3.8, 4) is 0 Å². The van der Waals surface area contributed by atoms with Gasteiger partial charge in [0, 0.05) is 26.1 Å². The summed E-state index contributed by atoms with van der Waals surface area (Å²) < 4.78 is 10.7. The monoisotopic (exact) mass is 403 g/mol. The molecule has 0 spiro atoms. The van der Waals surface area contributed by atoms with E-state index in [9.17, 15) is 9.59 Å². The highest BCUT2D eigenvalue weighted by Crippen LogP contribution is 2.35. The van der Waals surface area contributed by atoms with Gasteiger partial charge >= 0.3 is 0 Å². The average molecular weight is 404 g/mol. The highest BCUT2D eigenvalue weighted by atomic mass is 35.5. The molecule has 28 heavy (non-hydrogen) atoms. The number of likely N-dealkylation sites (tertiary alicyclic amines) is 1. The summed E-state index contributed by atoms with van der Waals surface area (Å²) in [6, 6.07) is 9.07. The lowest BCUT2D eigenvalue weighted by Gasteiger charge is -2.31. The van der Waals surface area contributed by atoms with E-state index in [1.165, 1.54) is 0 Å². The zero-order chi connectivity index (χ0) is 19.5. The Morgan fingerprint density at radius 1 is 1.21 bits per heavy atom. The first-order valence-corrected chi connectivity index (χ1v) is 9.72. The second kappa shape index (κ2) is 8.24. The van der Waals surface area contributed by atoms with E-state index in [1.54, 1.807) is 17.2 Å². The molecule has 0 saturated carbocycles. The Hall–Kier alpha value is -2.51. The van der Waals surface area contributed by atoms with E-state index in [4.69, 9.17) is 20.8 Å². The molecule has 3 heterocycles. The molecule has 8 heteroatoms. The summed E-state index contributed by atoms with van der Waals surface area (Å²) in [5.74, 6) is 0.0842. The molecule has 0 bridgehead atoms. The number of carbonyl (C=O) groups is 2. The topological polar surface area (TPSA) is 75.0 Å². The molecule has 0 aliphatic carbocycles. The van der Waals surface area contributed by atoms with Gasteiger partial charge in [0.25, 0.3) is 0 Å². The fourth-order valence-corrected chi connectivity index (χ4v) is 3.94. The summed E-state index contributed by atoms with van der Waals surface area (Å²) in [5, 5.41) is 3.57. The number of ether oxygens (including phenoxy) is 1. The van der Waals surface area contributed by atoms with Crippen molar-refractivity contribution in [3.63, 3.8) is 0 Å². The summed E-state index contributed by atoms with van der Waals surface area (Å²) in [7, 11) is 0. The van der Waals surface area contributed by atoms with Crippen molar-refractivity contribution in [2.75, 3.05) is 43.1 Å². The number of hydrogen-bond donors (Lipinski definition) is 1. The molecule has 1 N–H and O–H groups in total. The average Bonchev–Trinajstić information content (AvgIpc) is 3.33. The Morgan fingerprint density at radius 3 is 2.79 bits per heavy atom. The first-order valence-electron chi connectivity index (χ1n) is 9.34. The van der Waals surface area contributed by atoms with Crippen molar-refractivity contribution in [1.82, 2.24) is 4.90 Å². The summed E-state index contributed by atoms with van der Waals surface area (Å²) in [5.41, 5.74) is 1.47. The van der Waals surface area contributed by atoms with Crippen molar-refractivity contribution < 1.29 is 18.7 Å². The number of benzene rings is 1. The van der Waals surface area contributed by atoms with Gasteiger partial charge in [0.15, 0.2) is 0 Å². The first-order chi connectivity index (χ1) is 13.6. The first kappa shape index (κ1) is 18.8. The molecular formula is C20H22ClN3O4. The molecule has 2 amide bonds. The number of halogens is 1. The number of para-hydroxylation sites is 1. The summed E-state index contributed by atoms with van der Waals surface area (Å²) >= 11 is 6.43. The summed E-state index contributed by atoms with van der Waals surface area (Å²) in [4.78, 5) is 28.9. The van der Waals surface area contributed by atoms with E-state index in [1.807, 2.05) is 24.3 Å². The van der Waals surface area contributed by atoms with Crippen LogP contribution in [0.4, 0.5) is 11.4 Å². The van der Waals surface area contributed by atoms with Crippen molar-refractivity contribution in [2.45, 2.75) is 13.0 Å². The molecule has 2 aliphatic heterocycles. The molecule has 2 fully saturated rings. The molecule has 7 nitrogen and oxygen atoms in total. The SMILES string of the molecule is O=C(Nc1cccc(Cl)c1N1CCOCC1)C1CC(=O)N(Cc2ccco2)C1. The van der Waals surface area contributed by atoms with Crippen LogP contribution in [0.2, 0.25) is 5.02 Å². The van der Waals surface area contributed by atoms with Crippen LogP contribution in [0.15, 0.2) is 41.0 Å². The smallest absolute Gasteiger partial charge is 0.229 e. The number of carbonyl (C=O) groups excluding carboxylic acids is 2. The van der Waals surface area contributed by atoms with Crippen LogP contribution in [-0.4, -0.2) is 49.6 Å². The van der Waals surface area contributed by atoms with E-state index in [0.717, 1.165) is 5.69 Å². The normalized spacial score (nSPS) is 19.9. The molecule has 2 saturated heterocycles. The molecule has 1 atom stereocenters. The third kappa shape index (κ3) is 4.00. The van der Waals surface area contributed by atoms with Gasteiger partial charge in [0.2, 0.25) is 11.8 Å². The quantitative estimate of drug-likeness (QED) is 0.830. The number of nitrogens with zero attached hydrogens (tertiary/aromatic N) is 2. The lowest BCUT2D eigenvalue weighted by molar-refractivity contribution is -0.128. The van der Waals surface area contributed by atoms with Gasteiger partial charge in [0.1, 0.15) is 5.76 Å². The molecule has 4 rings (SSSR count). The Bertz CT molecular complexity index is 849. The number of nitrogens with one attached hydrogen (secondary N) is 1. The predicted octanol–water partition coefficient (Wildman–Crippen LogP) is 2.76. The highest BCUT2D eigenvalue weighted by molar-refractivity contribution is 6.34. The molecule has 0 radical (unpaired) electrons. The molecule has 1 unspecified atom stereocenters. The van der Waals surface area contributed by atoms with Gasteiger partial charge in [0.05, 0.1) is 48.3 Å². The van der Waals surface area contributed by atoms with Crippen molar-refractivity contribution >= 4 is 34.8 Å². The summed E-state index contributed by atoms with van der Waals surface area (Å²) in [6.45, 7) is 3.43. The minimum Gasteiger partial charge on any atom is -0.467 e. The second-order valence-corrected chi connectivity index (χ2v) is 7.39. The summed E-state index contributed by atoms with van der Waals surface area (Å²) in [6.07, 6.45) is 1.77. The van der Waals surface area contributed by atoms with Crippen LogP contribution in [-0.2, 0) is 20.9 Å². The number of hydrogen-bond acceptors (Lipinski definition) is 5. The van der Waals surface area contributed by atoms with E-state index < -0.39 is 5.92 Å². The molecule has 1 aromatic carbocycles. The van der Waals surface area contributed by atoms with Crippen LogP contribution in [0, 0.1) is 5.92 Å². The predicted molar refractivity (Wildman–Crippen MR) is 105 cm³/mol. The van der Waals surface area contributed by atoms with Gasteiger partial charge in [-0.15, -0.1) is 0 Å². The van der Waals surface area contributed by atoms with Gasteiger partial charge in [-0.3, -0.25) is 9.59 Å². The van der Waals surface area contributed by atoms with Crippen LogP contribution in [0.1, 0.15) is 12.2 Å². The number of anilines is 2. The lowest BCUT2D eigenvalue weighted by atomic mass is 10.1. The lowest BCUT2D eigenvalue weighted by Crippen LogP contribution is -2.37. The number of furan rings is 1. The maximum Gasteiger partial charge on any atom is 0.229 e. The molecule has 2 aliphatic rings. The Kier molecular flexibility index (Phi) is 5.54. The zero-order valence-electron chi connectivity index (χ0n) is 15.4. The third-order valence-corrected chi connectivity index (χ3v) is 5.39. The Morgan fingerprint density at radius 2 is 2.04 bits per heavy atom. The van der Waals surface area contributed by atoms with Crippen molar-refractivity contribution in [2.24, 2.45) is 5.92 Å². The molecular weight excluding hydrogens is 382 g/mol. The highest BCUT2D eigenvalue weighted by Gasteiger charge is 2.35.